The molecule has 0 aromatic heterocycles. The Morgan fingerprint density at radius 1 is 0.571 bits per heavy atom. The van der Waals surface area contributed by atoms with Crippen molar-refractivity contribution in [3.05, 3.63) is 0 Å². The fourth-order valence-corrected chi connectivity index (χ4v) is 3.41. The van der Waals surface area contributed by atoms with Crippen molar-refractivity contribution in [2.45, 2.75) is 77.6 Å². The van der Waals surface area contributed by atoms with E-state index < -0.39 is 0 Å². The molecule has 0 radical (unpaired) electrons. The maximum Gasteiger partial charge on any atom is 0.246 e. The number of rotatable bonds is 29. The molecule has 0 aliphatic heterocycles. The van der Waals surface area contributed by atoms with E-state index in [4.69, 9.17) is 23.7 Å². The standard InChI is InChI=1S/C27H56N2O6/c1-4-5-6-7-8-9-10-11-12-13-17-31-18-19-32-20-21-33-22-23-34-24-25-35-26-27(30)28-15-14-16-29(2)3/h4-26H2,1-3H3,(H,28,30). The summed E-state index contributed by atoms with van der Waals surface area (Å²) in [5, 5.41) is 2.83. The zero-order chi connectivity index (χ0) is 25.7. The van der Waals surface area contributed by atoms with Gasteiger partial charge in [-0.05, 0) is 33.5 Å². The second kappa shape index (κ2) is 29.5. The second-order valence-electron chi connectivity index (χ2n) is 9.19. The van der Waals surface area contributed by atoms with Gasteiger partial charge < -0.3 is 33.9 Å². The Morgan fingerprint density at radius 3 is 1.49 bits per heavy atom. The molecule has 0 bridgehead atoms. The molecule has 1 N–H and O–H groups in total. The summed E-state index contributed by atoms with van der Waals surface area (Å²) in [7, 11) is 4.03. The predicted molar refractivity (Wildman–Crippen MR) is 142 cm³/mol. The molecule has 0 spiro atoms. The van der Waals surface area contributed by atoms with Gasteiger partial charge in [-0.25, -0.2) is 0 Å². The topological polar surface area (TPSA) is 78.5 Å². The molecular weight excluding hydrogens is 448 g/mol. The van der Waals surface area contributed by atoms with E-state index in [1.807, 2.05) is 14.1 Å². The van der Waals surface area contributed by atoms with Gasteiger partial charge in [-0.1, -0.05) is 64.7 Å². The van der Waals surface area contributed by atoms with E-state index in [9.17, 15) is 4.79 Å². The Bertz CT molecular complexity index is 426. The van der Waals surface area contributed by atoms with Crippen LogP contribution in [0.5, 0.6) is 0 Å². The third kappa shape index (κ3) is 31.2. The molecule has 0 heterocycles. The molecule has 8 heteroatoms. The fraction of sp³-hybridized carbons (Fsp3) is 0.963. The number of nitrogens with zero attached hydrogens (tertiary/aromatic N) is 1. The number of nitrogens with one attached hydrogen (secondary N) is 1. The number of ether oxygens (including phenoxy) is 5. The Balaban J connectivity index is 3.09. The van der Waals surface area contributed by atoms with E-state index in [-0.39, 0.29) is 12.5 Å². The van der Waals surface area contributed by atoms with Crippen LogP contribution in [0.15, 0.2) is 0 Å². The van der Waals surface area contributed by atoms with Crippen molar-refractivity contribution in [1.29, 1.82) is 0 Å². The van der Waals surface area contributed by atoms with Gasteiger partial charge in [0.2, 0.25) is 5.91 Å². The molecule has 0 aromatic carbocycles. The number of carbonyl (C=O) groups excluding carboxylic acids is 1. The lowest BCUT2D eigenvalue weighted by Gasteiger charge is -2.10. The molecule has 35 heavy (non-hydrogen) atoms. The monoisotopic (exact) mass is 504 g/mol. The van der Waals surface area contributed by atoms with Gasteiger partial charge in [0, 0.05) is 13.2 Å². The highest BCUT2D eigenvalue weighted by atomic mass is 16.6. The van der Waals surface area contributed by atoms with Crippen LogP contribution in [0, 0.1) is 0 Å². The first-order valence-electron chi connectivity index (χ1n) is 14.0. The van der Waals surface area contributed by atoms with Gasteiger partial charge in [-0.3, -0.25) is 4.79 Å². The quantitative estimate of drug-likeness (QED) is 0.154. The largest absolute Gasteiger partial charge is 0.379 e. The summed E-state index contributed by atoms with van der Waals surface area (Å²) in [6.45, 7) is 9.03. The van der Waals surface area contributed by atoms with Gasteiger partial charge in [-0.2, -0.15) is 0 Å². The van der Waals surface area contributed by atoms with Crippen molar-refractivity contribution in [2.75, 3.05) is 93.3 Å². The lowest BCUT2D eigenvalue weighted by Crippen LogP contribution is -2.30. The van der Waals surface area contributed by atoms with Crippen molar-refractivity contribution in [3.8, 4) is 0 Å². The Hall–Kier alpha value is -0.770. The van der Waals surface area contributed by atoms with Gasteiger partial charge >= 0.3 is 0 Å². The first-order valence-corrected chi connectivity index (χ1v) is 14.0. The van der Waals surface area contributed by atoms with E-state index in [2.05, 4.69) is 17.1 Å². The van der Waals surface area contributed by atoms with Crippen LogP contribution in [0.25, 0.3) is 0 Å². The number of carbonyl (C=O) groups is 1. The molecule has 0 unspecified atom stereocenters. The summed E-state index contributed by atoms with van der Waals surface area (Å²) in [5.74, 6) is -0.0868. The van der Waals surface area contributed by atoms with Gasteiger partial charge in [0.15, 0.2) is 0 Å². The van der Waals surface area contributed by atoms with E-state index in [0.717, 1.165) is 26.0 Å². The number of unbranched alkanes of at least 4 members (excludes halogenated alkanes) is 9. The van der Waals surface area contributed by atoms with Crippen molar-refractivity contribution < 1.29 is 28.5 Å². The van der Waals surface area contributed by atoms with Crippen molar-refractivity contribution in [1.82, 2.24) is 10.2 Å². The number of amides is 1. The molecule has 0 rings (SSSR count). The SMILES string of the molecule is CCCCCCCCCCCCOCCOCCOCCOCCOCC(=O)NCCCN(C)C. The summed E-state index contributed by atoms with van der Waals surface area (Å²) in [5.41, 5.74) is 0. The highest BCUT2D eigenvalue weighted by molar-refractivity contribution is 5.77. The van der Waals surface area contributed by atoms with Gasteiger partial charge in [0.1, 0.15) is 6.61 Å². The van der Waals surface area contributed by atoms with E-state index >= 15 is 0 Å². The number of hydrogen-bond acceptors (Lipinski definition) is 7. The van der Waals surface area contributed by atoms with Crippen LogP contribution in [0.3, 0.4) is 0 Å². The molecule has 8 nitrogen and oxygen atoms in total. The molecule has 0 aliphatic rings. The summed E-state index contributed by atoms with van der Waals surface area (Å²) in [4.78, 5) is 13.7. The highest BCUT2D eigenvalue weighted by Crippen LogP contribution is 2.10. The Morgan fingerprint density at radius 2 is 1.00 bits per heavy atom. The summed E-state index contributed by atoms with van der Waals surface area (Å²) in [6, 6.07) is 0. The van der Waals surface area contributed by atoms with Crippen LogP contribution in [0.2, 0.25) is 0 Å². The normalized spacial score (nSPS) is 11.4. The first-order chi connectivity index (χ1) is 17.2. The van der Waals surface area contributed by atoms with E-state index in [1.54, 1.807) is 0 Å². The molecular formula is C27H56N2O6. The van der Waals surface area contributed by atoms with Gasteiger partial charge in [0.25, 0.3) is 0 Å². The maximum absolute atomic E-state index is 11.6. The minimum absolute atomic E-state index is 0.0716. The van der Waals surface area contributed by atoms with Gasteiger partial charge in [-0.15, -0.1) is 0 Å². The Kier molecular flexibility index (Phi) is 28.8. The lowest BCUT2D eigenvalue weighted by molar-refractivity contribution is -0.126. The molecule has 0 aromatic rings. The van der Waals surface area contributed by atoms with Crippen LogP contribution in [-0.4, -0.2) is 104 Å². The van der Waals surface area contributed by atoms with E-state index in [0.29, 0.717) is 59.4 Å². The predicted octanol–water partition coefficient (Wildman–Crippen LogP) is 4.06. The average Bonchev–Trinajstić information content (AvgIpc) is 2.84. The molecule has 210 valence electrons. The van der Waals surface area contributed by atoms with Crippen molar-refractivity contribution in [2.24, 2.45) is 0 Å². The molecule has 0 saturated carbocycles. The summed E-state index contributed by atoms with van der Waals surface area (Å²) >= 11 is 0. The second-order valence-corrected chi connectivity index (χ2v) is 9.19. The van der Waals surface area contributed by atoms with Gasteiger partial charge in [0.05, 0.1) is 52.9 Å². The smallest absolute Gasteiger partial charge is 0.246 e. The molecule has 0 atom stereocenters. The maximum atomic E-state index is 11.6. The van der Waals surface area contributed by atoms with Crippen LogP contribution in [0.4, 0.5) is 0 Å². The zero-order valence-electron chi connectivity index (χ0n) is 23.2. The summed E-state index contributed by atoms with van der Waals surface area (Å²) in [6.07, 6.45) is 14.4. The van der Waals surface area contributed by atoms with Crippen LogP contribution in [0.1, 0.15) is 77.6 Å². The highest BCUT2D eigenvalue weighted by Gasteiger charge is 2.01. The average molecular weight is 505 g/mol. The van der Waals surface area contributed by atoms with E-state index in [1.165, 1.54) is 57.8 Å². The minimum atomic E-state index is -0.0868. The fourth-order valence-electron chi connectivity index (χ4n) is 3.41. The molecule has 0 fully saturated rings. The molecule has 1 amide bonds. The summed E-state index contributed by atoms with van der Waals surface area (Å²) < 4.78 is 27.3. The number of hydrogen-bond donors (Lipinski definition) is 1. The first kappa shape index (κ1) is 34.2. The minimum Gasteiger partial charge on any atom is -0.379 e. The van der Waals surface area contributed by atoms with Crippen molar-refractivity contribution in [3.63, 3.8) is 0 Å². The third-order valence-corrected chi connectivity index (χ3v) is 5.47. The van der Waals surface area contributed by atoms with Crippen LogP contribution < -0.4 is 5.32 Å². The molecule has 0 saturated heterocycles. The third-order valence-electron chi connectivity index (χ3n) is 5.47. The van der Waals surface area contributed by atoms with Crippen molar-refractivity contribution >= 4 is 5.91 Å². The molecule has 0 aliphatic carbocycles. The van der Waals surface area contributed by atoms with Crippen LogP contribution >= 0.6 is 0 Å². The zero-order valence-corrected chi connectivity index (χ0v) is 23.2. The Labute approximate surface area is 215 Å². The van der Waals surface area contributed by atoms with Crippen LogP contribution in [-0.2, 0) is 28.5 Å². The lowest BCUT2D eigenvalue weighted by atomic mass is 10.1.